The minimum atomic E-state index is -1.26. The predicted molar refractivity (Wildman–Crippen MR) is 56.2 cm³/mol. The van der Waals surface area contributed by atoms with Gasteiger partial charge in [-0.05, 0) is 12.3 Å². The second-order valence-corrected chi connectivity index (χ2v) is 9.34. The van der Waals surface area contributed by atoms with Gasteiger partial charge < -0.3 is 4.74 Å². The Labute approximate surface area is 81.0 Å². The van der Waals surface area contributed by atoms with Crippen LogP contribution in [0.5, 0.6) is 0 Å². The third kappa shape index (κ3) is 2.69. The first-order valence-electron chi connectivity index (χ1n) is 4.74. The van der Waals surface area contributed by atoms with E-state index in [0.29, 0.717) is 5.92 Å². The maximum absolute atomic E-state index is 11.3. The second-order valence-electron chi connectivity index (χ2n) is 4.66. The van der Waals surface area contributed by atoms with Crippen LogP contribution in [0.3, 0.4) is 0 Å². The average Bonchev–Trinajstić information content (AvgIpc) is 1.99. The number of ether oxygens (including phenoxy) is 1. The molecule has 0 spiro atoms. The Morgan fingerprint density at radius 2 is 2.23 bits per heavy atom. The van der Waals surface area contributed by atoms with Crippen molar-refractivity contribution in [1.82, 2.24) is 0 Å². The Morgan fingerprint density at radius 3 is 2.69 bits per heavy atom. The molecule has 1 atom stereocenters. The topological polar surface area (TPSA) is 26.3 Å². The molecule has 74 valence electrons. The lowest BCUT2D eigenvalue weighted by molar-refractivity contribution is -0.136. The van der Waals surface area contributed by atoms with Crippen molar-refractivity contribution in [2.75, 3.05) is 7.11 Å². The Balaban J connectivity index is 2.85. The highest BCUT2D eigenvalue weighted by molar-refractivity contribution is 6.82. The first-order valence-corrected chi connectivity index (χ1v) is 8.03. The fourth-order valence-corrected chi connectivity index (χ4v) is 5.45. The van der Waals surface area contributed by atoms with Crippen LogP contribution in [-0.4, -0.2) is 21.2 Å². The Hall–Kier alpha value is -0.573. The van der Waals surface area contributed by atoms with Crippen LogP contribution in [-0.2, 0) is 9.53 Å². The van der Waals surface area contributed by atoms with Crippen molar-refractivity contribution in [3.63, 3.8) is 0 Å². The molecule has 0 aromatic carbocycles. The van der Waals surface area contributed by atoms with Crippen LogP contribution in [0.4, 0.5) is 0 Å². The standard InChI is InChI=1S/C10H18O2Si/c1-8-5-9(10(11)12-2)7-13(3,4)6-8/h7-8H,5-6H2,1-4H3. The van der Waals surface area contributed by atoms with Gasteiger partial charge in [0.2, 0.25) is 0 Å². The molecule has 0 aromatic heterocycles. The molecule has 1 aliphatic heterocycles. The van der Waals surface area contributed by atoms with Gasteiger partial charge in [-0.25, -0.2) is 4.79 Å². The fraction of sp³-hybridized carbons (Fsp3) is 0.700. The van der Waals surface area contributed by atoms with E-state index in [1.54, 1.807) is 0 Å². The van der Waals surface area contributed by atoms with Crippen molar-refractivity contribution in [1.29, 1.82) is 0 Å². The molecule has 3 heteroatoms. The smallest absolute Gasteiger partial charge is 0.333 e. The zero-order valence-corrected chi connectivity index (χ0v) is 9.89. The van der Waals surface area contributed by atoms with Gasteiger partial charge in [-0.2, -0.15) is 0 Å². The van der Waals surface area contributed by atoms with Crippen molar-refractivity contribution in [3.05, 3.63) is 11.3 Å². The molecule has 0 aromatic rings. The first-order chi connectivity index (χ1) is 5.94. The molecule has 0 amide bonds. The SMILES string of the molecule is COC(=O)C1=C[Si](C)(C)CC(C)C1. The van der Waals surface area contributed by atoms with Crippen LogP contribution < -0.4 is 0 Å². The zero-order valence-electron chi connectivity index (χ0n) is 8.89. The third-order valence-electron chi connectivity index (χ3n) is 2.46. The highest BCUT2D eigenvalue weighted by atomic mass is 28.3. The van der Waals surface area contributed by atoms with Crippen molar-refractivity contribution in [2.45, 2.75) is 32.5 Å². The zero-order chi connectivity index (χ0) is 10.1. The van der Waals surface area contributed by atoms with Crippen LogP contribution in [0.1, 0.15) is 13.3 Å². The molecule has 1 heterocycles. The van der Waals surface area contributed by atoms with Crippen molar-refractivity contribution < 1.29 is 9.53 Å². The lowest BCUT2D eigenvalue weighted by atomic mass is 10.0. The summed E-state index contributed by atoms with van der Waals surface area (Å²) in [5.41, 5.74) is 3.09. The van der Waals surface area contributed by atoms with Crippen LogP contribution in [0.2, 0.25) is 19.1 Å². The Kier molecular flexibility index (Phi) is 2.96. The minimum Gasteiger partial charge on any atom is -0.466 e. The molecule has 1 unspecified atom stereocenters. The average molecular weight is 198 g/mol. The quantitative estimate of drug-likeness (QED) is 0.477. The summed E-state index contributed by atoms with van der Waals surface area (Å²) in [6, 6.07) is 1.29. The molecule has 13 heavy (non-hydrogen) atoms. The molecule has 2 nitrogen and oxygen atoms in total. The number of hydrogen-bond donors (Lipinski definition) is 0. The van der Waals surface area contributed by atoms with Gasteiger partial charge in [-0.1, -0.05) is 31.8 Å². The van der Waals surface area contributed by atoms with Gasteiger partial charge in [0.15, 0.2) is 0 Å². The molecule has 0 fully saturated rings. The highest BCUT2D eigenvalue weighted by Crippen LogP contribution is 2.30. The highest BCUT2D eigenvalue weighted by Gasteiger charge is 2.29. The molecule has 0 aliphatic carbocycles. The molecule has 1 aliphatic rings. The number of esters is 1. The van der Waals surface area contributed by atoms with E-state index >= 15 is 0 Å². The monoisotopic (exact) mass is 198 g/mol. The van der Waals surface area contributed by atoms with Crippen LogP contribution in [0.25, 0.3) is 0 Å². The van der Waals surface area contributed by atoms with Gasteiger partial charge in [-0.3, -0.25) is 0 Å². The van der Waals surface area contributed by atoms with Crippen LogP contribution in [0.15, 0.2) is 11.3 Å². The molecular weight excluding hydrogens is 180 g/mol. The minimum absolute atomic E-state index is 0.132. The molecule has 0 bridgehead atoms. The molecule has 0 N–H and O–H groups in total. The summed E-state index contributed by atoms with van der Waals surface area (Å²) in [5, 5.41) is 0. The van der Waals surface area contributed by atoms with Crippen molar-refractivity contribution >= 4 is 14.0 Å². The summed E-state index contributed by atoms with van der Waals surface area (Å²) in [5.74, 6) is 0.507. The molecular formula is C10H18O2Si. The van der Waals surface area contributed by atoms with Gasteiger partial charge >= 0.3 is 5.97 Å². The van der Waals surface area contributed by atoms with E-state index in [4.69, 9.17) is 4.74 Å². The van der Waals surface area contributed by atoms with E-state index in [2.05, 4.69) is 25.7 Å². The summed E-state index contributed by atoms with van der Waals surface area (Å²) in [6.07, 6.45) is 0.892. The van der Waals surface area contributed by atoms with E-state index in [0.717, 1.165) is 12.0 Å². The summed E-state index contributed by atoms with van der Waals surface area (Å²) in [4.78, 5) is 11.3. The van der Waals surface area contributed by atoms with Gasteiger partial charge in [-0.15, -0.1) is 0 Å². The predicted octanol–water partition coefficient (Wildman–Crippen LogP) is 2.37. The number of carbonyl (C=O) groups excluding carboxylic acids is 1. The lowest BCUT2D eigenvalue weighted by Gasteiger charge is -2.29. The number of carbonyl (C=O) groups is 1. The van der Waals surface area contributed by atoms with Crippen molar-refractivity contribution in [3.8, 4) is 0 Å². The van der Waals surface area contributed by atoms with Gasteiger partial charge in [0.1, 0.15) is 0 Å². The number of rotatable bonds is 1. The van der Waals surface area contributed by atoms with Crippen LogP contribution >= 0.6 is 0 Å². The van der Waals surface area contributed by atoms with Gasteiger partial charge in [0.25, 0.3) is 0 Å². The first kappa shape index (κ1) is 10.5. The molecule has 0 radical (unpaired) electrons. The fourth-order valence-electron chi connectivity index (χ4n) is 2.21. The second kappa shape index (κ2) is 3.66. The number of hydrogen-bond acceptors (Lipinski definition) is 2. The summed E-state index contributed by atoms with van der Waals surface area (Å²) >= 11 is 0. The van der Waals surface area contributed by atoms with E-state index in [1.807, 2.05) is 0 Å². The van der Waals surface area contributed by atoms with Crippen LogP contribution in [0, 0.1) is 5.92 Å². The summed E-state index contributed by atoms with van der Waals surface area (Å²) in [6.45, 7) is 6.81. The van der Waals surface area contributed by atoms with E-state index in [-0.39, 0.29) is 5.97 Å². The Bertz CT molecular complexity index is 243. The summed E-state index contributed by atoms with van der Waals surface area (Å²) < 4.78 is 4.75. The number of methoxy groups -OCH3 is 1. The van der Waals surface area contributed by atoms with E-state index < -0.39 is 8.07 Å². The molecule has 0 saturated carbocycles. The largest absolute Gasteiger partial charge is 0.466 e. The van der Waals surface area contributed by atoms with Gasteiger partial charge in [0.05, 0.1) is 15.2 Å². The maximum atomic E-state index is 11.3. The normalized spacial score (nSPS) is 26.5. The summed E-state index contributed by atoms with van der Waals surface area (Å²) in [7, 11) is 0.197. The van der Waals surface area contributed by atoms with E-state index in [1.165, 1.54) is 13.2 Å². The molecule has 0 saturated heterocycles. The Morgan fingerprint density at radius 1 is 1.62 bits per heavy atom. The van der Waals surface area contributed by atoms with E-state index in [9.17, 15) is 4.79 Å². The molecule has 1 rings (SSSR count). The lowest BCUT2D eigenvalue weighted by Crippen LogP contribution is -2.31. The maximum Gasteiger partial charge on any atom is 0.333 e. The van der Waals surface area contributed by atoms with Gasteiger partial charge in [0, 0.05) is 5.57 Å². The van der Waals surface area contributed by atoms with Crippen molar-refractivity contribution in [2.24, 2.45) is 5.92 Å². The third-order valence-corrected chi connectivity index (χ3v) is 5.33.